The molecule has 1 aromatic heterocycles. The van der Waals surface area contributed by atoms with Crippen LogP contribution in [0.5, 0.6) is 0 Å². The molecule has 3 rings (SSSR count). The molecule has 7 nitrogen and oxygen atoms in total. The smallest absolute Gasteiger partial charge is 0.248 e. The van der Waals surface area contributed by atoms with Crippen LogP contribution in [0.25, 0.3) is 0 Å². The highest BCUT2D eigenvalue weighted by Gasteiger charge is 2.40. The second kappa shape index (κ2) is 4.96. The molecule has 0 saturated carbocycles. The highest BCUT2D eigenvalue weighted by Crippen LogP contribution is 2.32. The van der Waals surface area contributed by atoms with Gasteiger partial charge in [-0.1, -0.05) is 0 Å². The van der Waals surface area contributed by atoms with Crippen LogP contribution in [0.15, 0.2) is 4.90 Å². The van der Waals surface area contributed by atoms with E-state index in [1.165, 1.54) is 11.1 Å². The highest BCUT2D eigenvalue weighted by molar-refractivity contribution is 7.89. The number of aryl methyl sites for hydroxylation is 1. The molecule has 118 valence electrons. The van der Waals surface area contributed by atoms with Crippen molar-refractivity contribution in [2.45, 2.75) is 43.2 Å². The van der Waals surface area contributed by atoms with Gasteiger partial charge in [0.05, 0.1) is 5.69 Å². The molecule has 0 aliphatic carbocycles. The molecule has 2 aliphatic rings. The van der Waals surface area contributed by atoms with Crippen molar-refractivity contribution < 1.29 is 8.42 Å². The highest BCUT2D eigenvalue weighted by atomic mass is 32.2. The largest absolute Gasteiger partial charge is 0.381 e. The van der Waals surface area contributed by atoms with Crippen LogP contribution in [-0.2, 0) is 17.1 Å². The molecule has 21 heavy (non-hydrogen) atoms. The summed E-state index contributed by atoms with van der Waals surface area (Å²) in [6, 6.07) is 0.813. The lowest BCUT2D eigenvalue weighted by Gasteiger charge is -2.25. The van der Waals surface area contributed by atoms with Crippen molar-refractivity contribution in [2.75, 3.05) is 25.9 Å². The minimum Gasteiger partial charge on any atom is -0.381 e. The van der Waals surface area contributed by atoms with Crippen molar-refractivity contribution >= 4 is 15.8 Å². The molecule has 8 heteroatoms. The number of aromatic nitrogens is 2. The first-order chi connectivity index (χ1) is 9.82. The van der Waals surface area contributed by atoms with Crippen molar-refractivity contribution in [3.63, 3.8) is 0 Å². The van der Waals surface area contributed by atoms with Crippen LogP contribution in [0.4, 0.5) is 5.82 Å². The Morgan fingerprint density at radius 1 is 1.19 bits per heavy atom. The second-order valence-electron chi connectivity index (χ2n) is 6.13. The van der Waals surface area contributed by atoms with Crippen LogP contribution in [-0.4, -0.2) is 59.6 Å². The molecule has 2 saturated heterocycles. The van der Waals surface area contributed by atoms with Crippen molar-refractivity contribution in [1.29, 1.82) is 0 Å². The zero-order chi connectivity index (χ0) is 15.4. The number of hydrogen-bond acceptors (Lipinski definition) is 5. The summed E-state index contributed by atoms with van der Waals surface area (Å²) in [5, 5.41) is 4.04. The van der Waals surface area contributed by atoms with Gasteiger partial charge < -0.3 is 5.73 Å². The van der Waals surface area contributed by atoms with Crippen molar-refractivity contribution in [3.8, 4) is 0 Å². The number of likely N-dealkylation sites (N-methyl/N-ethyl adjacent to an activating group) is 1. The van der Waals surface area contributed by atoms with E-state index in [9.17, 15) is 8.42 Å². The molecule has 1 aromatic rings. The molecular formula is C13H23N5O2S. The van der Waals surface area contributed by atoms with E-state index < -0.39 is 10.0 Å². The monoisotopic (exact) mass is 313 g/mol. The molecule has 0 aromatic carbocycles. The molecule has 2 aliphatic heterocycles. The summed E-state index contributed by atoms with van der Waals surface area (Å²) in [5.74, 6) is 0.0951. The van der Waals surface area contributed by atoms with Gasteiger partial charge in [0.25, 0.3) is 0 Å². The number of hydrogen-bond donors (Lipinski definition) is 1. The SMILES string of the molecule is Cc1c(S(=O)(=O)N2CCC3CCC(C2)N3C)c(N)nn1C. The summed E-state index contributed by atoms with van der Waals surface area (Å²) in [6.07, 6.45) is 3.11. The zero-order valence-corrected chi connectivity index (χ0v) is 13.6. The van der Waals surface area contributed by atoms with Crippen LogP contribution in [0.3, 0.4) is 0 Å². The maximum atomic E-state index is 13.0. The van der Waals surface area contributed by atoms with Gasteiger partial charge in [-0.2, -0.15) is 9.40 Å². The van der Waals surface area contributed by atoms with Crippen LogP contribution in [0, 0.1) is 6.92 Å². The maximum absolute atomic E-state index is 13.0. The molecular weight excluding hydrogens is 290 g/mol. The Morgan fingerprint density at radius 3 is 2.48 bits per heavy atom. The van der Waals surface area contributed by atoms with Gasteiger partial charge in [0.15, 0.2) is 5.82 Å². The Labute approximate surface area is 125 Å². The van der Waals surface area contributed by atoms with E-state index in [2.05, 4.69) is 17.0 Å². The molecule has 3 heterocycles. The predicted molar refractivity (Wildman–Crippen MR) is 80.3 cm³/mol. The topological polar surface area (TPSA) is 84.5 Å². The van der Waals surface area contributed by atoms with Crippen LogP contribution in [0.2, 0.25) is 0 Å². The molecule has 2 N–H and O–H groups in total. The van der Waals surface area contributed by atoms with Gasteiger partial charge in [0.2, 0.25) is 10.0 Å². The summed E-state index contributed by atoms with van der Waals surface area (Å²) in [6.45, 7) is 2.84. The van der Waals surface area contributed by atoms with E-state index in [1.54, 1.807) is 18.3 Å². The average molecular weight is 313 g/mol. The fraction of sp³-hybridized carbons (Fsp3) is 0.769. The van der Waals surface area contributed by atoms with Crippen LogP contribution in [0.1, 0.15) is 25.0 Å². The molecule has 2 bridgehead atoms. The summed E-state index contributed by atoms with van der Waals surface area (Å²) < 4.78 is 29.0. The number of nitrogens with two attached hydrogens (primary N) is 1. The number of anilines is 1. The molecule has 0 spiro atoms. The summed E-state index contributed by atoms with van der Waals surface area (Å²) in [4.78, 5) is 2.50. The van der Waals surface area contributed by atoms with Crippen molar-refractivity contribution in [1.82, 2.24) is 19.0 Å². The standard InChI is InChI=1S/C13H23N5O2S/c1-9-12(13(14)15-17(9)3)21(19,20)18-7-6-10-4-5-11(8-18)16(10)2/h10-11H,4-8H2,1-3H3,(H2,14,15). The Morgan fingerprint density at radius 2 is 1.86 bits per heavy atom. The van der Waals surface area contributed by atoms with Crippen LogP contribution >= 0.6 is 0 Å². The van der Waals surface area contributed by atoms with E-state index in [1.807, 2.05) is 0 Å². The van der Waals surface area contributed by atoms with Gasteiger partial charge in [0.1, 0.15) is 4.90 Å². The lowest BCUT2D eigenvalue weighted by Crippen LogP contribution is -2.40. The lowest BCUT2D eigenvalue weighted by molar-refractivity contribution is 0.246. The first kappa shape index (κ1) is 14.8. The predicted octanol–water partition coefficient (Wildman–Crippen LogP) is 0.168. The van der Waals surface area contributed by atoms with E-state index >= 15 is 0 Å². The quantitative estimate of drug-likeness (QED) is 0.841. The first-order valence-corrected chi connectivity index (χ1v) is 8.77. The zero-order valence-electron chi connectivity index (χ0n) is 12.8. The summed E-state index contributed by atoms with van der Waals surface area (Å²) in [7, 11) is 0.237. The molecule has 0 amide bonds. The Bertz CT molecular complexity index is 654. The van der Waals surface area contributed by atoms with Crippen LogP contribution < -0.4 is 5.73 Å². The average Bonchev–Trinajstić information content (AvgIpc) is 2.76. The van der Waals surface area contributed by atoms with E-state index in [0.29, 0.717) is 30.9 Å². The van der Waals surface area contributed by atoms with E-state index in [-0.39, 0.29) is 10.7 Å². The van der Waals surface area contributed by atoms with Crippen molar-refractivity contribution in [2.24, 2.45) is 7.05 Å². The minimum atomic E-state index is -3.57. The maximum Gasteiger partial charge on any atom is 0.248 e. The Balaban J connectivity index is 1.95. The molecule has 0 radical (unpaired) electrons. The Hall–Kier alpha value is -1.12. The Kier molecular flexibility index (Phi) is 3.50. The second-order valence-corrected chi connectivity index (χ2v) is 8.00. The van der Waals surface area contributed by atoms with Gasteiger partial charge in [0, 0.05) is 32.2 Å². The number of rotatable bonds is 2. The number of fused-ring (bicyclic) bond motifs is 2. The van der Waals surface area contributed by atoms with Gasteiger partial charge in [-0.05, 0) is 33.2 Å². The van der Waals surface area contributed by atoms with Crippen molar-refractivity contribution in [3.05, 3.63) is 5.69 Å². The fourth-order valence-electron chi connectivity index (χ4n) is 3.56. The molecule has 2 unspecified atom stereocenters. The number of sulfonamides is 1. The first-order valence-electron chi connectivity index (χ1n) is 7.33. The minimum absolute atomic E-state index is 0.0951. The summed E-state index contributed by atoms with van der Waals surface area (Å²) in [5.41, 5.74) is 6.42. The third-order valence-corrected chi connectivity index (χ3v) is 7.05. The lowest BCUT2D eigenvalue weighted by atomic mass is 10.1. The van der Waals surface area contributed by atoms with Gasteiger partial charge in [-0.15, -0.1) is 0 Å². The summed E-state index contributed by atoms with van der Waals surface area (Å²) >= 11 is 0. The molecule has 2 atom stereocenters. The van der Waals surface area contributed by atoms with E-state index in [4.69, 9.17) is 5.73 Å². The number of nitrogens with zero attached hydrogens (tertiary/aromatic N) is 4. The third kappa shape index (κ3) is 2.25. The van der Waals surface area contributed by atoms with Gasteiger partial charge in [-0.3, -0.25) is 9.58 Å². The number of nitrogen functional groups attached to an aromatic ring is 1. The molecule has 2 fully saturated rings. The van der Waals surface area contributed by atoms with Gasteiger partial charge >= 0.3 is 0 Å². The van der Waals surface area contributed by atoms with Gasteiger partial charge in [-0.25, -0.2) is 8.42 Å². The third-order valence-electron chi connectivity index (χ3n) is 5.01. The van der Waals surface area contributed by atoms with E-state index in [0.717, 1.165) is 12.8 Å². The normalized spacial score (nSPS) is 28.0. The fourth-order valence-corrected chi connectivity index (χ4v) is 5.34.